The van der Waals surface area contributed by atoms with E-state index in [1.807, 2.05) is 28.8 Å². The molecule has 9 heteroatoms. The molecule has 0 atom stereocenters. The van der Waals surface area contributed by atoms with Gasteiger partial charge in [-0.3, -0.25) is 15.9 Å². The maximum Gasteiger partial charge on any atom is 0.137 e. The predicted octanol–water partition coefficient (Wildman–Crippen LogP) is 4.39. The van der Waals surface area contributed by atoms with Gasteiger partial charge in [0.2, 0.25) is 0 Å². The van der Waals surface area contributed by atoms with E-state index in [9.17, 15) is 0 Å². The minimum atomic E-state index is 0.286. The Morgan fingerprint density at radius 3 is 2.94 bits per heavy atom. The summed E-state index contributed by atoms with van der Waals surface area (Å²) < 4.78 is 7.37. The van der Waals surface area contributed by atoms with Crippen molar-refractivity contribution < 1.29 is 4.74 Å². The van der Waals surface area contributed by atoms with Gasteiger partial charge >= 0.3 is 0 Å². The van der Waals surface area contributed by atoms with E-state index >= 15 is 0 Å². The van der Waals surface area contributed by atoms with E-state index in [0.29, 0.717) is 22.8 Å². The lowest BCUT2D eigenvalue weighted by Crippen LogP contribution is -2.26. The first-order valence-corrected chi connectivity index (χ1v) is 11.9. The Labute approximate surface area is 196 Å². The topological polar surface area (TPSA) is 115 Å². The van der Waals surface area contributed by atoms with Gasteiger partial charge in [0.25, 0.3) is 0 Å². The third-order valence-corrected chi connectivity index (χ3v) is 6.94. The molecule has 1 fully saturated rings. The molecule has 4 aromatic rings. The van der Waals surface area contributed by atoms with Crippen LogP contribution in [-0.4, -0.2) is 43.3 Å². The van der Waals surface area contributed by atoms with Crippen molar-refractivity contribution in [2.45, 2.75) is 32.2 Å². The maximum absolute atomic E-state index is 8.56. The Balaban J connectivity index is 1.23. The number of benzene rings is 1. The van der Waals surface area contributed by atoms with Crippen molar-refractivity contribution in [3.8, 4) is 5.75 Å². The van der Waals surface area contributed by atoms with Gasteiger partial charge in [0, 0.05) is 42.4 Å². The standard InChI is InChI=1S/C24H27N7OS/c1-32-18-8-19(20-12-28-30-21(20)9-18)24(26)33-22(25)7-17-14-31-13-16(5-6-23(31)29-17)11-27-10-15-3-2-4-15/h5-6,8-9,12-15,25-27H,2-4,7,10-11H2,1H3,(H,28,30). The van der Waals surface area contributed by atoms with Crippen LogP contribution in [0.5, 0.6) is 5.75 Å². The molecule has 0 bridgehead atoms. The quantitative estimate of drug-likeness (QED) is 0.229. The number of thioether (sulfide) groups is 1. The molecule has 0 amide bonds. The van der Waals surface area contributed by atoms with Crippen LogP contribution in [0.1, 0.15) is 36.1 Å². The second-order valence-corrected chi connectivity index (χ2v) is 9.61. The summed E-state index contributed by atoms with van der Waals surface area (Å²) in [5, 5.41) is 29.1. The molecular formula is C24H27N7OS. The molecule has 0 spiro atoms. The number of pyridine rings is 1. The molecule has 4 N–H and O–H groups in total. The summed E-state index contributed by atoms with van der Waals surface area (Å²) in [7, 11) is 1.60. The highest BCUT2D eigenvalue weighted by molar-refractivity contribution is 8.26. The number of imidazole rings is 1. The normalized spacial score (nSPS) is 14.0. The molecule has 1 aromatic carbocycles. The van der Waals surface area contributed by atoms with Gasteiger partial charge in [-0.25, -0.2) is 4.98 Å². The Morgan fingerprint density at radius 1 is 1.27 bits per heavy atom. The van der Waals surface area contributed by atoms with Crippen LogP contribution < -0.4 is 10.1 Å². The van der Waals surface area contributed by atoms with Crippen LogP contribution in [0.25, 0.3) is 16.6 Å². The van der Waals surface area contributed by atoms with Crippen LogP contribution >= 0.6 is 11.8 Å². The Bertz CT molecular complexity index is 1320. The smallest absolute Gasteiger partial charge is 0.137 e. The molecule has 170 valence electrons. The summed E-state index contributed by atoms with van der Waals surface area (Å²) in [5.41, 5.74) is 4.41. The third-order valence-electron chi connectivity index (χ3n) is 6.13. The number of aromatic nitrogens is 4. The summed E-state index contributed by atoms with van der Waals surface area (Å²) in [5.74, 6) is 1.49. The molecule has 3 heterocycles. The van der Waals surface area contributed by atoms with Crippen LogP contribution in [0.2, 0.25) is 0 Å². The average Bonchev–Trinajstić information content (AvgIpc) is 3.40. The first-order valence-electron chi connectivity index (χ1n) is 11.1. The van der Waals surface area contributed by atoms with Gasteiger partial charge < -0.3 is 14.5 Å². The fourth-order valence-corrected chi connectivity index (χ4v) is 4.85. The maximum atomic E-state index is 8.56. The summed E-state index contributed by atoms with van der Waals surface area (Å²) in [6, 6.07) is 7.79. The number of fused-ring (bicyclic) bond motifs is 2. The molecular weight excluding hydrogens is 434 g/mol. The number of hydrogen-bond donors (Lipinski definition) is 4. The Hall–Kier alpha value is -3.17. The van der Waals surface area contributed by atoms with Crippen LogP contribution in [0.15, 0.2) is 42.9 Å². The van der Waals surface area contributed by atoms with E-state index in [0.717, 1.165) is 53.0 Å². The van der Waals surface area contributed by atoms with Crippen LogP contribution in [-0.2, 0) is 13.0 Å². The highest BCUT2D eigenvalue weighted by Crippen LogP contribution is 2.28. The molecule has 0 unspecified atom stereocenters. The van der Waals surface area contributed by atoms with Crippen molar-refractivity contribution >= 4 is 38.4 Å². The monoisotopic (exact) mass is 461 g/mol. The SMILES string of the molecule is COc1cc(C(=N)SC(=N)Cc2cn3cc(CNCC4CCC4)ccc3n2)c2cn[nH]c2c1. The highest BCUT2D eigenvalue weighted by atomic mass is 32.2. The fraction of sp³-hybridized carbons (Fsp3) is 0.333. The fourth-order valence-electron chi connectivity index (χ4n) is 4.11. The van der Waals surface area contributed by atoms with Crippen LogP contribution in [0, 0.1) is 16.7 Å². The lowest BCUT2D eigenvalue weighted by molar-refractivity contribution is 0.301. The Kier molecular flexibility index (Phi) is 6.15. The Morgan fingerprint density at radius 2 is 2.15 bits per heavy atom. The average molecular weight is 462 g/mol. The largest absolute Gasteiger partial charge is 0.497 e. The first kappa shape index (κ1) is 21.7. The summed E-state index contributed by atoms with van der Waals surface area (Å²) in [4.78, 5) is 4.66. The van der Waals surface area contributed by atoms with Crippen LogP contribution in [0.4, 0.5) is 0 Å². The first-order chi connectivity index (χ1) is 16.1. The van der Waals surface area contributed by atoms with Gasteiger partial charge in [0.1, 0.15) is 16.4 Å². The summed E-state index contributed by atoms with van der Waals surface area (Å²) in [6.07, 6.45) is 10.2. The third kappa shape index (κ3) is 4.79. The van der Waals surface area contributed by atoms with Crippen molar-refractivity contribution in [3.63, 3.8) is 0 Å². The molecule has 3 aromatic heterocycles. The zero-order chi connectivity index (χ0) is 22.8. The lowest BCUT2D eigenvalue weighted by atomic mass is 9.85. The van der Waals surface area contributed by atoms with Crippen LogP contribution in [0.3, 0.4) is 0 Å². The molecule has 0 aliphatic heterocycles. The van der Waals surface area contributed by atoms with Crippen molar-refractivity contribution in [2.75, 3.05) is 13.7 Å². The molecule has 1 saturated carbocycles. The predicted molar refractivity (Wildman–Crippen MR) is 133 cm³/mol. The van der Waals surface area contributed by atoms with Crippen molar-refractivity contribution in [1.29, 1.82) is 10.8 Å². The van der Waals surface area contributed by atoms with E-state index in [1.54, 1.807) is 13.3 Å². The minimum Gasteiger partial charge on any atom is -0.497 e. The molecule has 0 radical (unpaired) electrons. The number of methoxy groups -OCH3 is 1. The van der Waals surface area contributed by atoms with E-state index in [2.05, 4.69) is 32.8 Å². The van der Waals surface area contributed by atoms with E-state index < -0.39 is 0 Å². The van der Waals surface area contributed by atoms with Crippen molar-refractivity contribution in [3.05, 3.63) is 59.7 Å². The number of aromatic amines is 1. The summed E-state index contributed by atoms with van der Waals surface area (Å²) >= 11 is 1.13. The number of nitrogens with zero attached hydrogens (tertiary/aromatic N) is 3. The van der Waals surface area contributed by atoms with Gasteiger partial charge in [-0.05, 0) is 43.0 Å². The number of ether oxygens (including phenoxy) is 1. The molecule has 33 heavy (non-hydrogen) atoms. The van der Waals surface area contributed by atoms with E-state index in [1.165, 1.54) is 24.8 Å². The van der Waals surface area contributed by atoms with E-state index in [-0.39, 0.29) is 5.04 Å². The second-order valence-electron chi connectivity index (χ2n) is 8.50. The van der Waals surface area contributed by atoms with Crippen molar-refractivity contribution in [2.24, 2.45) is 5.92 Å². The zero-order valence-corrected chi connectivity index (χ0v) is 19.3. The van der Waals surface area contributed by atoms with E-state index in [4.69, 9.17) is 15.6 Å². The molecule has 0 saturated heterocycles. The number of nitrogens with one attached hydrogen (secondary N) is 4. The second kappa shape index (κ2) is 9.36. The van der Waals surface area contributed by atoms with Crippen molar-refractivity contribution in [1.82, 2.24) is 24.9 Å². The lowest BCUT2D eigenvalue weighted by Gasteiger charge is -2.25. The minimum absolute atomic E-state index is 0.286. The molecule has 1 aliphatic rings. The summed E-state index contributed by atoms with van der Waals surface area (Å²) in [6.45, 7) is 1.94. The van der Waals surface area contributed by atoms with Gasteiger partial charge in [-0.15, -0.1) is 0 Å². The number of rotatable bonds is 8. The number of hydrogen-bond acceptors (Lipinski definition) is 7. The van der Waals surface area contributed by atoms with Gasteiger partial charge in [0.05, 0.1) is 29.6 Å². The van der Waals surface area contributed by atoms with Gasteiger partial charge in [0.15, 0.2) is 0 Å². The van der Waals surface area contributed by atoms with Gasteiger partial charge in [-0.1, -0.05) is 24.2 Å². The zero-order valence-electron chi connectivity index (χ0n) is 18.5. The highest BCUT2D eigenvalue weighted by Gasteiger charge is 2.17. The molecule has 1 aliphatic carbocycles. The molecule has 5 rings (SSSR count). The number of H-pyrrole nitrogens is 1. The molecule has 8 nitrogen and oxygen atoms in total. The van der Waals surface area contributed by atoms with Gasteiger partial charge in [-0.2, -0.15) is 5.10 Å².